The van der Waals surface area contributed by atoms with Gasteiger partial charge in [-0.15, -0.1) is 11.8 Å². The second kappa shape index (κ2) is 9.09. The highest BCUT2D eigenvalue weighted by Crippen LogP contribution is 2.33. The third kappa shape index (κ3) is 4.69. The number of amides is 1. The molecule has 0 saturated carbocycles. The van der Waals surface area contributed by atoms with Crippen LogP contribution in [0.4, 0.5) is 17.1 Å². The van der Waals surface area contributed by atoms with Crippen molar-refractivity contribution in [3.05, 3.63) is 89.5 Å². The summed E-state index contributed by atoms with van der Waals surface area (Å²) in [5.74, 6) is 0.271. The highest BCUT2D eigenvalue weighted by molar-refractivity contribution is 8.14. The summed E-state index contributed by atoms with van der Waals surface area (Å²) in [6.07, 6.45) is 0.597. The molecule has 1 amide bonds. The SMILES string of the molecule is Cc1cccc(C)c1NC(=O)CSC1=Nc2ccccc2N=C(c2ccccc2)C1. The lowest BCUT2D eigenvalue weighted by atomic mass is 10.1. The lowest BCUT2D eigenvalue weighted by Crippen LogP contribution is -2.17. The van der Waals surface area contributed by atoms with Gasteiger partial charge in [0.15, 0.2) is 0 Å². The number of carbonyl (C=O) groups is 1. The van der Waals surface area contributed by atoms with Gasteiger partial charge in [0.2, 0.25) is 5.91 Å². The Morgan fingerprint density at radius 2 is 1.50 bits per heavy atom. The second-order valence-corrected chi connectivity index (χ2v) is 8.25. The Labute approximate surface area is 181 Å². The number of para-hydroxylation sites is 3. The molecule has 0 aliphatic carbocycles. The number of nitrogens with one attached hydrogen (secondary N) is 1. The van der Waals surface area contributed by atoms with Crippen LogP contribution in [0.15, 0.2) is 82.8 Å². The average Bonchev–Trinajstić information content (AvgIpc) is 2.95. The summed E-state index contributed by atoms with van der Waals surface area (Å²) in [7, 11) is 0. The van der Waals surface area contributed by atoms with Crippen LogP contribution in [0, 0.1) is 13.8 Å². The largest absolute Gasteiger partial charge is 0.325 e. The molecule has 30 heavy (non-hydrogen) atoms. The minimum atomic E-state index is -0.0316. The van der Waals surface area contributed by atoms with Crippen molar-refractivity contribution in [3.8, 4) is 0 Å². The van der Waals surface area contributed by atoms with E-state index in [4.69, 9.17) is 9.98 Å². The van der Waals surface area contributed by atoms with Crippen LogP contribution in [-0.2, 0) is 4.79 Å². The monoisotopic (exact) mass is 413 g/mol. The summed E-state index contributed by atoms with van der Waals surface area (Å²) < 4.78 is 0. The molecule has 0 atom stereocenters. The molecule has 4 nitrogen and oxygen atoms in total. The molecule has 1 aliphatic rings. The third-order valence-corrected chi connectivity index (χ3v) is 5.90. The minimum Gasteiger partial charge on any atom is -0.325 e. The Morgan fingerprint density at radius 3 is 2.20 bits per heavy atom. The molecule has 3 aromatic carbocycles. The van der Waals surface area contributed by atoms with Crippen molar-refractivity contribution in [1.82, 2.24) is 0 Å². The minimum absolute atomic E-state index is 0.0316. The van der Waals surface area contributed by atoms with Crippen LogP contribution in [0.5, 0.6) is 0 Å². The number of anilines is 1. The van der Waals surface area contributed by atoms with Crippen LogP contribution in [-0.4, -0.2) is 22.4 Å². The van der Waals surface area contributed by atoms with Gasteiger partial charge in [0.25, 0.3) is 0 Å². The molecule has 1 aliphatic heterocycles. The van der Waals surface area contributed by atoms with Gasteiger partial charge >= 0.3 is 0 Å². The van der Waals surface area contributed by atoms with Crippen molar-refractivity contribution in [3.63, 3.8) is 0 Å². The number of hydrogen-bond acceptors (Lipinski definition) is 4. The summed E-state index contributed by atoms with van der Waals surface area (Å²) in [4.78, 5) is 22.3. The van der Waals surface area contributed by atoms with E-state index in [2.05, 4.69) is 17.4 Å². The molecule has 5 heteroatoms. The van der Waals surface area contributed by atoms with Gasteiger partial charge < -0.3 is 5.32 Å². The van der Waals surface area contributed by atoms with Crippen LogP contribution in [0.3, 0.4) is 0 Å². The van der Waals surface area contributed by atoms with Crippen LogP contribution in [0.2, 0.25) is 0 Å². The zero-order valence-electron chi connectivity index (χ0n) is 17.1. The van der Waals surface area contributed by atoms with Gasteiger partial charge in [-0.3, -0.25) is 9.79 Å². The standard InChI is InChI=1S/C25H23N3OS/c1-17-9-8-10-18(2)25(17)28-23(29)16-30-24-15-22(19-11-4-3-5-12-19)26-20-13-6-7-14-21(20)27-24/h3-14H,15-16H2,1-2H3,(H,28,29). The van der Waals surface area contributed by atoms with Crippen LogP contribution in [0.1, 0.15) is 23.1 Å². The van der Waals surface area contributed by atoms with Crippen molar-refractivity contribution < 1.29 is 4.79 Å². The van der Waals surface area contributed by atoms with E-state index in [1.807, 2.05) is 74.5 Å². The van der Waals surface area contributed by atoms with Gasteiger partial charge in [-0.05, 0) is 42.7 Å². The molecular formula is C25H23N3OS. The molecular weight excluding hydrogens is 390 g/mol. The Hall–Kier alpha value is -3.18. The summed E-state index contributed by atoms with van der Waals surface area (Å²) in [5.41, 5.74) is 6.74. The van der Waals surface area contributed by atoms with E-state index in [0.717, 1.165) is 44.5 Å². The molecule has 0 saturated heterocycles. The van der Waals surface area contributed by atoms with Gasteiger partial charge in [0, 0.05) is 12.1 Å². The fourth-order valence-corrected chi connectivity index (χ4v) is 4.14. The Morgan fingerprint density at radius 1 is 0.867 bits per heavy atom. The molecule has 150 valence electrons. The average molecular weight is 414 g/mol. The van der Waals surface area contributed by atoms with Gasteiger partial charge in [-0.1, -0.05) is 60.7 Å². The second-order valence-electron chi connectivity index (χ2n) is 7.20. The van der Waals surface area contributed by atoms with E-state index in [-0.39, 0.29) is 5.91 Å². The van der Waals surface area contributed by atoms with Gasteiger partial charge in [0.1, 0.15) is 0 Å². The first kappa shape index (κ1) is 20.1. The number of thioether (sulfide) groups is 1. The Bertz CT molecular complexity index is 1120. The smallest absolute Gasteiger partial charge is 0.234 e. The van der Waals surface area contributed by atoms with Crippen LogP contribution >= 0.6 is 11.8 Å². The summed E-state index contributed by atoms with van der Waals surface area (Å²) in [6.45, 7) is 4.01. The number of fused-ring (bicyclic) bond motifs is 1. The number of aryl methyl sites for hydroxylation is 2. The van der Waals surface area contributed by atoms with Crippen LogP contribution < -0.4 is 5.32 Å². The van der Waals surface area contributed by atoms with Crippen molar-refractivity contribution in [2.75, 3.05) is 11.1 Å². The zero-order valence-corrected chi connectivity index (χ0v) is 17.9. The summed E-state index contributed by atoms with van der Waals surface area (Å²) in [6, 6.07) is 24.0. The number of rotatable bonds is 4. The molecule has 0 unspecified atom stereocenters. The lowest BCUT2D eigenvalue weighted by molar-refractivity contribution is -0.113. The molecule has 0 fully saturated rings. The predicted octanol–water partition coefficient (Wildman–Crippen LogP) is 6.23. The molecule has 0 bridgehead atoms. The fraction of sp³-hybridized carbons (Fsp3) is 0.160. The first-order chi connectivity index (χ1) is 14.6. The summed E-state index contributed by atoms with van der Waals surface area (Å²) >= 11 is 1.47. The van der Waals surface area contributed by atoms with Gasteiger partial charge in [-0.25, -0.2) is 4.99 Å². The molecule has 1 N–H and O–H groups in total. The normalized spacial score (nSPS) is 13.0. The molecule has 0 aromatic heterocycles. The van der Waals surface area contributed by atoms with Gasteiger partial charge in [-0.2, -0.15) is 0 Å². The van der Waals surface area contributed by atoms with E-state index in [9.17, 15) is 4.79 Å². The van der Waals surface area contributed by atoms with E-state index in [1.165, 1.54) is 11.8 Å². The highest BCUT2D eigenvalue weighted by atomic mass is 32.2. The maximum atomic E-state index is 12.6. The van der Waals surface area contributed by atoms with E-state index < -0.39 is 0 Å². The first-order valence-corrected chi connectivity index (χ1v) is 10.9. The zero-order chi connectivity index (χ0) is 20.9. The number of carbonyl (C=O) groups excluding carboxylic acids is 1. The molecule has 1 heterocycles. The predicted molar refractivity (Wildman–Crippen MR) is 128 cm³/mol. The number of nitrogens with zero attached hydrogens (tertiary/aromatic N) is 2. The maximum Gasteiger partial charge on any atom is 0.234 e. The van der Waals surface area contributed by atoms with Crippen LogP contribution in [0.25, 0.3) is 0 Å². The first-order valence-electron chi connectivity index (χ1n) is 9.88. The molecule has 0 spiro atoms. The van der Waals surface area contributed by atoms with Gasteiger partial charge in [0.05, 0.1) is 27.9 Å². The topological polar surface area (TPSA) is 53.8 Å². The van der Waals surface area contributed by atoms with E-state index in [1.54, 1.807) is 0 Å². The van der Waals surface area contributed by atoms with Crippen molar-refractivity contribution in [1.29, 1.82) is 0 Å². The fourth-order valence-electron chi connectivity index (χ4n) is 3.37. The quantitative estimate of drug-likeness (QED) is 0.551. The molecule has 0 radical (unpaired) electrons. The summed E-state index contributed by atoms with van der Waals surface area (Å²) in [5, 5.41) is 3.94. The number of aliphatic imine (C=N–C) groups is 2. The lowest BCUT2D eigenvalue weighted by Gasteiger charge is -2.12. The Kier molecular flexibility index (Phi) is 6.10. The van der Waals surface area contributed by atoms with Crippen molar-refractivity contribution in [2.45, 2.75) is 20.3 Å². The van der Waals surface area contributed by atoms with E-state index in [0.29, 0.717) is 12.2 Å². The number of hydrogen-bond donors (Lipinski definition) is 1. The van der Waals surface area contributed by atoms with Crippen molar-refractivity contribution in [2.24, 2.45) is 9.98 Å². The molecule has 4 rings (SSSR count). The maximum absolute atomic E-state index is 12.6. The molecule has 3 aromatic rings. The highest BCUT2D eigenvalue weighted by Gasteiger charge is 2.17. The third-order valence-electron chi connectivity index (χ3n) is 4.92. The van der Waals surface area contributed by atoms with Crippen molar-refractivity contribution >= 4 is 45.5 Å². The van der Waals surface area contributed by atoms with E-state index >= 15 is 0 Å². The Balaban J connectivity index is 1.53. The number of benzene rings is 3.